The first-order chi connectivity index (χ1) is 36.9. The summed E-state index contributed by atoms with van der Waals surface area (Å²) in [6.07, 6.45) is 2.91. The first-order valence-corrected chi connectivity index (χ1v) is 26.8. The Hall–Kier alpha value is -6.53. The maximum atomic E-state index is 15.8. The monoisotopic (exact) mass is 1070 g/mol. The molecule has 7 unspecified atom stereocenters. The van der Waals surface area contributed by atoms with Crippen LogP contribution in [0.25, 0.3) is 11.8 Å². The van der Waals surface area contributed by atoms with Gasteiger partial charge in [-0.3, -0.25) is 14.6 Å². The minimum Gasteiger partial charge on any atom is -0.482 e. The number of ether oxygens (including phenoxy) is 6. The van der Waals surface area contributed by atoms with E-state index in [0.717, 1.165) is 11.1 Å². The fourth-order valence-electron chi connectivity index (χ4n) is 12.1. The summed E-state index contributed by atoms with van der Waals surface area (Å²) in [7, 11) is 1.25. The van der Waals surface area contributed by atoms with Gasteiger partial charge in [0, 0.05) is 52.0 Å². The number of aliphatic hydroxyl groups excluding tert-OH is 4. The summed E-state index contributed by atoms with van der Waals surface area (Å²) in [5, 5.41) is 55.1. The molecule has 0 radical (unpaired) electrons. The molecule has 0 bridgehead atoms. The number of ketones is 2. The van der Waals surface area contributed by atoms with Crippen LogP contribution in [0.3, 0.4) is 0 Å². The predicted molar refractivity (Wildman–Crippen MR) is 290 cm³/mol. The highest BCUT2D eigenvalue weighted by atomic mass is 16.7. The molecular formula is C62H71NO15. The molecule has 1 saturated carbocycles. The van der Waals surface area contributed by atoms with E-state index in [2.05, 4.69) is 6.08 Å². The van der Waals surface area contributed by atoms with Crippen molar-refractivity contribution in [1.82, 2.24) is 0 Å². The highest BCUT2D eigenvalue weighted by Crippen LogP contribution is 2.66. The number of methoxy groups -OCH3 is 1. The van der Waals surface area contributed by atoms with E-state index in [1.54, 1.807) is 26.0 Å². The molecule has 0 spiro atoms. The third kappa shape index (κ3) is 9.27. The molecule has 78 heavy (non-hydrogen) atoms. The molecule has 12 atom stereocenters. The molecule has 2 aliphatic carbocycles. The number of esters is 2. The second-order valence-corrected chi connectivity index (χ2v) is 22.7. The number of Topliss-reactive ketones (excluding diaryl/α,β-unsaturated/α-hetero) is 2. The quantitative estimate of drug-likeness (QED) is 0.0419. The summed E-state index contributed by atoms with van der Waals surface area (Å²) in [6, 6.07) is 12.9. The molecule has 2 fully saturated rings. The summed E-state index contributed by atoms with van der Waals surface area (Å²) < 4.78 is 38.2. The summed E-state index contributed by atoms with van der Waals surface area (Å²) in [5.74, 6) is -5.53. The van der Waals surface area contributed by atoms with Gasteiger partial charge in [0.1, 0.15) is 47.3 Å². The Labute approximate surface area is 454 Å². The van der Waals surface area contributed by atoms with Gasteiger partial charge in [-0.05, 0) is 103 Å². The molecule has 0 amide bonds. The van der Waals surface area contributed by atoms with Gasteiger partial charge >= 0.3 is 11.9 Å². The smallest absolute Gasteiger partial charge is 0.343 e. The molecule has 6 aliphatic rings. The van der Waals surface area contributed by atoms with E-state index in [9.17, 15) is 35.1 Å². The van der Waals surface area contributed by atoms with Crippen LogP contribution in [0.1, 0.15) is 131 Å². The Morgan fingerprint density at radius 3 is 2.19 bits per heavy atom. The van der Waals surface area contributed by atoms with Crippen LogP contribution >= 0.6 is 0 Å². The molecule has 9 rings (SSSR count). The molecule has 1 saturated heterocycles. The third-order valence-electron chi connectivity index (χ3n) is 16.7. The number of aliphatic imine (C=N–C) groups is 1. The Balaban J connectivity index is 1.32. The van der Waals surface area contributed by atoms with Crippen molar-refractivity contribution >= 4 is 41.0 Å². The van der Waals surface area contributed by atoms with E-state index in [-0.39, 0.29) is 64.2 Å². The second-order valence-electron chi connectivity index (χ2n) is 22.7. The second kappa shape index (κ2) is 21.3. The van der Waals surface area contributed by atoms with Gasteiger partial charge in [0.2, 0.25) is 6.29 Å². The lowest BCUT2D eigenvalue weighted by molar-refractivity contribution is -0.277. The highest BCUT2D eigenvalue weighted by molar-refractivity contribution is 6.30. The maximum Gasteiger partial charge on any atom is 0.343 e. The normalized spacial score (nSPS) is 29.9. The maximum absolute atomic E-state index is 15.8. The van der Waals surface area contributed by atoms with Crippen LogP contribution in [0.15, 0.2) is 100 Å². The number of hydrogen-bond donors (Lipinski definition) is 5. The van der Waals surface area contributed by atoms with E-state index >= 15 is 9.59 Å². The summed E-state index contributed by atoms with van der Waals surface area (Å²) in [4.78, 5) is 64.3. The summed E-state index contributed by atoms with van der Waals surface area (Å²) in [6.45, 7) is 18.4. The minimum atomic E-state index is -2.40. The summed E-state index contributed by atoms with van der Waals surface area (Å²) >= 11 is 0. The molecule has 16 nitrogen and oxygen atoms in total. The van der Waals surface area contributed by atoms with Gasteiger partial charge < -0.3 is 54.0 Å². The lowest BCUT2D eigenvalue weighted by Gasteiger charge is -2.61. The molecule has 0 aromatic heterocycles. The van der Waals surface area contributed by atoms with Crippen LogP contribution in [-0.4, -0.2) is 116 Å². The highest BCUT2D eigenvalue weighted by Gasteiger charge is 2.73. The molecule has 3 aromatic rings. The van der Waals surface area contributed by atoms with Crippen molar-refractivity contribution in [2.24, 2.45) is 34.6 Å². The van der Waals surface area contributed by atoms with Crippen LogP contribution < -0.4 is 18.9 Å². The van der Waals surface area contributed by atoms with Gasteiger partial charge in [-0.15, -0.1) is 0 Å². The van der Waals surface area contributed by atoms with E-state index in [0.29, 0.717) is 52.1 Å². The van der Waals surface area contributed by atoms with Crippen molar-refractivity contribution in [3.63, 3.8) is 0 Å². The fourth-order valence-corrected chi connectivity index (χ4v) is 12.1. The molecule has 16 heteroatoms. The lowest BCUT2D eigenvalue weighted by atomic mass is 9.49. The molecule has 414 valence electrons. The van der Waals surface area contributed by atoms with Crippen molar-refractivity contribution in [2.45, 2.75) is 142 Å². The molecular weight excluding hydrogens is 999 g/mol. The number of carbonyl (C=O) groups excluding carboxylic acids is 4. The average Bonchev–Trinajstić information content (AvgIpc) is 3.54. The third-order valence-corrected chi connectivity index (χ3v) is 16.7. The first-order valence-electron chi connectivity index (χ1n) is 26.8. The van der Waals surface area contributed by atoms with Crippen molar-refractivity contribution in [3.8, 4) is 23.0 Å². The Kier molecular flexibility index (Phi) is 15.3. The summed E-state index contributed by atoms with van der Waals surface area (Å²) in [5.41, 5.74) is 0.370. The van der Waals surface area contributed by atoms with Crippen LogP contribution in [0.4, 0.5) is 0 Å². The van der Waals surface area contributed by atoms with Crippen LogP contribution in [-0.2, 0) is 25.5 Å². The molecule has 4 heterocycles. The molecule has 4 aliphatic heterocycles. The number of hydrogen-bond acceptors (Lipinski definition) is 16. The van der Waals surface area contributed by atoms with Gasteiger partial charge in [-0.2, -0.15) is 0 Å². The van der Waals surface area contributed by atoms with E-state index in [1.807, 2.05) is 85.8 Å². The number of allylic oxidation sites excluding steroid dienone is 4. The first kappa shape index (κ1) is 56.2. The van der Waals surface area contributed by atoms with Crippen LogP contribution in [0.2, 0.25) is 0 Å². The SMILES string of the molecule is COC(=O)/C(C)=C\CC1(O)C(=O)C(C)C2C3=C(N=C4c5ccccc5C(=O)C42)c2c(OC(=O)c4ccc(O[C@@H]5O[C@H](CO)[C@@H](O)[C@H](O)[C@H]5O)cc4)c4c(c(CC=C(C)C)c2OC31C(C)C(C)C)OC(C)(CCC=C(C)C)C=C4. The Bertz CT molecular complexity index is 3130. The number of fused-ring (bicyclic) bond motifs is 7. The number of benzene rings is 3. The average molecular weight is 1070 g/mol. The van der Waals surface area contributed by atoms with Crippen molar-refractivity contribution in [3.05, 3.63) is 129 Å². The van der Waals surface area contributed by atoms with Gasteiger partial charge in [0.05, 0.1) is 47.7 Å². The number of aliphatic hydroxyl groups is 5. The zero-order valence-electron chi connectivity index (χ0n) is 46.1. The topological polar surface area (TPSA) is 237 Å². The predicted octanol–water partition coefficient (Wildman–Crippen LogP) is 8.03. The van der Waals surface area contributed by atoms with E-state index in [4.69, 9.17) is 33.4 Å². The van der Waals surface area contributed by atoms with Crippen LogP contribution in [0, 0.1) is 29.6 Å². The zero-order chi connectivity index (χ0) is 56.5. The number of rotatable bonds is 15. The van der Waals surface area contributed by atoms with Crippen molar-refractivity contribution < 1.29 is 73.1 Å². The largest absolute Gasteiger partial charge is 0.482 e. The van der Waals surface area contributed by atoms with E-state index < -0.39 is 95.5 Å². The molecule has 3 aromatic carbocycles. The van der Waals surface area contributed by atoms with Crippen LogP contribution in [0.5, 0.6) is 23.0 Å². The standard InChI is InChI=1S/C62H71NO15/c1-30(2)15-14-26-60(10)27-25-41-53(77-60)40(23-18-31(3)4)55-45(54(41)76-58(71)36-19-21-37(22-20-36)74-59-52(68)51(67)50(66)42(29-64)75-59)48-46-43(44-47(63-48)38-16-12-13-17-39(38)49(44)65)34(8)56(69)61(72,28-24-33(7)57(70)73-11)62(46,78-55)35(9)32(5)6/h12-13,15-22,24-25,27,32,34-35,42-44,50-52,59,64,66-68,72H,14,23,26,28-29H2,1-11H3/b33-24-/t34?,35?,42-,43?,44?,50-,51+,52-,59-,60?,61?,62?/m1/s1. The number of carbonyl (C=O) groups is 4. The van der Waals surface area contributed by atoms with Gasteiger partial charge in [-0.1, -0.05) is 81.3 Å². The van der Waals surface area contributed by atoms with Crippen molar-refractivity contribution in [2.75, 3.05) is 13.7 Å². The van der Waals surface area contributed by atoms with Gasteiger partial charge in [0.25, 0.3) is 0 Å². The number of nitrogens with zero attached hydrogens (tertiary/aromatic N) is 1. The van der Waals surface area contributed by atoms with E-state index in [1.165, 1.54) is 37.5 Å². The zero-order valence-corrected chi connectivity index (χ0v) is 46.1. The fraction of sp³-hybridized carbons (Fsp3) is 0.468. The minimum absolute atomic E-state index is 0.0113. The van der Waals surface area contributed by atoms with Gasteiger partial charge in [-0.25, -0.2) is 9.59 Å². The lowest BCUT2D eigenvalue weighted by Crippen LogP contribution is -2.74. The van der Waals surface area contributed by atoms with Gasteiger partial charge in [0.15, 0.2) is 28.5 Å². The Morgan fingerprint density at radius 2 is 1.55 bits per heavy atom. The Morgan fingerprint density at radius 1 is 0.872 bits per heavy atom. The van der Waals surface area contributed by atoms with Crippen molar-refractivity contribution in [1.29, 1.82) is 0 Å². The molecule has 5 N–H and O–H groups in total.